The Hall–Kier alpha value is -4.79. The van der Waals surface area contributed by atoms with Gasteiger partial charge in [0.25, 0.3) is 17.0 Å². The molecule has 4 aromatic rings. The van der Waals surface area contributed by atoms with Gasteiger partial charge in [-0.3, -0.25) is 19.5 Å². The zero-order valence-corrected chi connectivity index (χ0v) is 20.6. The van der Waals surface area contributed by atoms with Gasteiger partial charge >= 0.3 is 0 Å². The second-order valence-electron chi connectivity index (χ2n) is 8.49. The number of nitrogens with zero attached hydrogens (tertiary/aromatic N) is 1. The van der Waals surface area contributed by atoms with Crippen molar-refractivity contribution in [3.05, 3.63) is 116 Å². The second-order valence-corrected chi connectivity index (χ2v) is 8.49. The van der Waals surface area contributed by atoms with Gasteiger partial charge in [0.1, 0.15) is 11.4 Å². The number of para-hydroxylation sites is 1. The van der Waals surface area contributed by atoms with E-state index in [4.69, 9.17) is 0 Å². The first-order valence-electron chi connectivity index (χ1n) is 12.0. The number of anilines is 3. The molecule has 0 bridgehead atoms. The van der Waals surface area contributed by atoms with Crippen LogP contribution in [0.3, 0.4) is 0 Å². The van der Waals surface area contributed by atoms with Crippen LogP contribution in [0.1, 0.15) is 40.9 Å². The Balaban J connectivity index is 1.83. The molecule has 190 valence electrons. The zero-order chi connectivity index (χ0) is 26.4. The molecule has 0 spiro atoms. The van der Waals surface area contributed by atoms with Crippen molar-refractivity contribution in [3.8, 4) is 5.75 Å². The van der Waals surface area contributed by atoms with Crippen LogP contribution in [0.15, 0.2) is 88.5 Å². The number of phenolic OH excluding ortho intramolecular Hbond substituents is 1. The van der Waals surface area contributed by atoms with E-state index in [0.29, 0.717) is 6.42 Å². The molecule has 0 unspecified atom stereocenters. The molecule has 37 heavy (non-hydrogen) atoms. The van der Waals surface area contributed by atoms with Crippen LogP contribution in [-0.2, 0) is 6.54 Å². The minimum atomic E-state index is -0.505. The Labute approximate surface area is 213 Å². The minimum Gasteiger partial charge on any atom is -0.505 e. The third-order valence-corrected chi connectivity index (χ3v) is 6.05. The largest absolute Gasteiger partial charge is 0.505 e. The number of nitrogens with one attached hydrogen (secondary N) is 4. The summed E-state index contributed by atoms with van der Waals surface area (Å²) in [5, 5.41) is 22.1. The summed E-state index contributed by atoms with van der Waals surface area (Å²) < 4.78 is 1.22. The smallest absolute Gasteiger partial charge is 0.291 e. The van der Waals surface area contributed by atoms with Gasteiger partial charge in [-0.05, 0) is 29.7 Å². The van der Waals surface area contributed by atoms with Crippen LogP contribution in [0.2, 0.25) is 0 Å². The summed E-state index contributed by atoms with van der Waals surface area (Å²) in [4.78, 5) is 39.2. The van der Waals surface area contributed by atoms with E-state index in [1.54, 1.807) is 6.07 Å². The van der Waals surface area contributed by atoms with E-state index in [2.05, 4.69) is 21.0 Å². The molecule has 4 rings (SSSR count). The monoisotopic (exact) mass is 499 g/mol. The van der Waals surface area contributed by atoms with Crippen molar-refractivity contribution in [3.63, 3.8) is 0 Å². The zero-order valence-electron chi connectivity index (χ0n) is 20.6. The van der Waals surface area contributed by atoms with Crippen LogP contribution >= 0.6 is 0 Å². The Morgan fingerprint density at radius 3 is 2.27 bits per heavy atom. The summed E-state index contributed by atoms with van der Waals surface area (Å²) in [6.45, 7) is 2.12. The molecule has 0 radical (unpaired) electrons. The quantitative estimate of drug-likeness (QED) is 0.222. The lowest BCUT2D eigenvalue weighted by molar-refractivity contribution is 0.0960. The van der Waals surface area contributed by atoms with Crippen LogP contribution in [0.4, 0.5) is 17.1 Å². The third kappa shape index (κ3) is 5.56. The highest BCUT2D eigenvalue weighted by atomic mass is 16.3. The van der Waals surface area contributed by atoms with E-state index in [0.717, 1.165) is 11.1 Å². The Kier molecular flexibility index (Phi) is 7.73. The molecule has 0 aliphatic heterocycles. The molecule has 5 N–H and O–H groups in total. The predicted octanol–water partition coefficient (Wildman–Crippen LogP) is 3.96. The molecule has 1 heterocycles. The highest BCUT2D eigenvalue weighted by Crippen LogP contribution is 2.32. The summed E-state index contributed by atoms with van der Waals surface area (Å²) in [6.07, 6.45) is 0.646. The van der Waals surface area contributed by atoms with Gasteiger partial charge in [0, 0.05) is 7.05 Å². The number of hydrogen-bond donors (Lipinski definition) is 5. The summed E-state index contributed by atoms with van der Waals surface area (Å²) in [7, 11) is 1.46. The van der Waals surface area contributed by atoms with Crippen LogP contribution in [-0.4, -0.2) is 27.8 Å². The summed E-state index contributed by atoms with van der Waals surface area (Å²) >= 11 is 0. The standard InChI is InChI=1S/C28H29N5O4/c1-3-21(19-13-8-5-9-14-19)30-23-24(31-22-16-10-15-20(25(22)34)26(35)29-2)28(37)33(32-27(23)36)17-18-11-6-4-7-12-18/h4-16,21,30-31,34H,3,17H2,1-2H3,(H,29,35)(H,32,36)/t21-/m1/s1. The molecule has 0 fully saturated rings. The summed E-state index contributed by atoms with van der Waals surface area (Å²) in [6, 6.07) is 23.2. The topological polar surface area (TPSA) is 128 Å². The van der Waals surface area contributed by atoms with Crippen molar-refractivity contribution < 1.29 is 9.90 Å². The first kappa shape index (κ1) is 25.3. The van der Waals surface area contributed by atoms with E-state index < -0.39 is 17.0 Å². The van der Waals surface area contributed by atoms with Gasteiger partial charge in [-0.25, -0.2) is 4.68 Å². The molecule has 3 aromatic carbocycles. The number of hydrogen-bond acceptors (Lipinski definition) is 6. The van der Waals surface area contributed by atoms with Crippen LogP contribution < -0.4 is 27.1 Å². The molecule has 0 saturated heterocycles. The van der Waals surface area contributed by atoms with Crippen molar-refractivity contribution in [2.75, 3.05) is 17.7 Å². The lowest BCUT2D eigenvalue weighted by Crippen LogP contribution is -2.34. The number of phenols is 1. The van der Waals surface area contributed by atoms with Crippen molar-refractivity contribution in [1.82, 2.24) is 15.1 Å². The number of aromatic nitrogens is 2. The van der Waals surface area contributed by atoms with Gasteiger partial charge in [-0.1, -0.05) is 73.7 Å². The average Bonchev–Trinajstić information content (AvgIpc) is 2.92. The van der Waals surface area contributed by atoms with E-state index >= 15 is 0 Å². The molecule has 1 atom stereocenters. The lowest BCUT2D eigenvalue weighted by Gasteiger charge is -2.22. The van der Waals surface area contributed by atoms with Crippen LogP contribution in [0.5, 0.6) is 5.75 Å². The number of carbonyl (C=O) groups is 1. The van der Waals surface area contributed by atoms with Crippen LogP contribution in [0, 0.1) is 0 Å². The van der Waals surface area contributed by atoms with Crippen molar-refractivity contribution in [1.29, 1.82) is 0 Å². The average molecular weight is 500 g/mol. The van der Waals surface area contributed by atoms with Crippen molar-refractivity contribution in [2.45, 2.75) is 25.9 Å². The van der Waals surface area contributed by atoms with Gasteiger partial charge in [0.05, 0.1) is 23.8 Å². The maximum absolute atomic E-state index is 13.7. The first-order valence-corrected chi connectivity index (χ1v) is 12.0. The number of aromatic amines is 1. The van der Waals surface area contributed by atoms with Gasteiger partial charge in [-0.15, -0.1) is 0 Å². The fourth-order valence-corrected chi connectivity index (χ4v) is 4.09. The molecule has 1 amide bonds. The second kappa shape index (κ2) is 11.3. The Morgan fingerprint density at radius 2 is 1.62 bits per heavy atom. The number of rotatable bonds is 9. The van der Waals surface area contributed by atoms with E-state index in [1.807, 2.05) is 67.6 Å². The molecular formula is C28H29N5O4. The Morgan fingerprint density at radius 1 is 0.946 bits per heavy atom. The van der Waals surface area contributed by atoms with E-state index in [1.165, 1.54) is 23.9 Å². The minimum absolute atomic E-state index is 0.0344. The lowest BCUT2D eigenvalue weighted by atomic mass is 10.0. The van der Waals surface area contributed by atoms with Gasteiger partial charge < -0.3 is 21.1 Å². The van der Waals surface area contributed by atoms with Crippen molar-refractivity contribution >= 4 is 23.0 Å². The highest BCUT2D eigenvalue weighted by Gasteiger charge is 2.21. The molecular weight excluding hydrogens is 470 g/mol. The van der Waals surface area contributed by atoms with Gasteiger partial charge in [0.15, 0.2) is 5.75 Å². The van der Waals surface area contributed by atoms with Crippen molar-refractivity contribution in [2.24, 2.45) is 0 Å². The van der Waals surface area contributed by atoms with E-state index in [-0.39, 0.29) is 41.0 Å². The maximum Gasteiger partial charge on any atom is 0.291 e. The first-order chi connectivity index (χ1) is 17.9. The van der Waals surface area contributed by atoms with E-state index in [9.17, 15) is 19.5 Å². The van der Waals surface area contributed by atoms with Crippen LogP contribution in [0.25, 0.3) is 0 Å². The normalized spacial score (nSPS) is 11.5. The number of amides is 1. The highest BCUT2D eigenvalue weighted by molar-refractivity contribution is 5.99. The predicted molar refractivity (Wildman–Crippen MR) is 145 cm³/mol. The summed E-state index contributed by atoms with van der Waals surface area (Å²) in [5.41, 5.74) is 0.916. The van der Waals surface area contributed by atoms with Gasteiger partial charge in [-0.2, -0.15) is 0 Å². The fraction of sp³-hybridized carbons (Fsp3) is 0.179. The molecule has 9 nitrogen and oxygen atoms in total. The number of aromatic hydroxyl groups is 1. The number of benzene rings is 3. The fourth-order valence-electron chi connectivity index (χ4n) is 4.09. The number of carbonyl (C=O) groups excluding carboxylic acids is 1. The Bertz CT molecular complexity index is 1500. The number of H-pyrrole nitrogens is 1. The maximum atomic E-state index is 13.7. The molecule has 1 aromatic heterocycles. The molecule has 9 heteroatoms. The van der Waals surface area contributed by atoms with Gasteiger partial charge in [0.2, 0.25) is 0 Å². The third-order valence-electron chi connectivity index (χ3n) is 6.05. The molecule has 0 saturated carbocycles. The molecule has 0 aliphatic rings. The summed E-state index contributed by atoms with van der Waals surface area (Å²) in [5.74, 6) is -0.820. The SMILES string of the molecule is CC[C@@H](Nc1c(Nc2cccc(C(=O)NC)c2O)c(=O)n(Cc2ccccc2)[nH]c1=O)c1ccccc1. The molecule has 0 aliphatic carbocycles.